The fourth-order valence-electron chi connectivity index (χ4n) is 4.36. The fourth-order valence-corrected chi connectivity index (χ4v) is 4.36. The fraction of sp³-hybridized carbons (Fsp3) is 0.179. The summed E-state index contributed by atoms with van der Waals surface area (Å²) in [5.74, 6) is 0.316. The van der Waals surface area contributed by atoms with Gasteiger partial charge in [-0.25, -0.2) is 4.79 Å². The van der Waals surface area contributed by atoms with Crippen LogP contribution in [0.5, 0.6) is 0 Å². The van der Waals surface area contributed by atoms with E-state index in [1.165, 1.54) is 0 Å². The van der Waals surface area contributed by atoms with Gasteiger partial charge in [-0.3, -0.25) is 9.59 Å². The maximum absolute atomic E-state index is 13.2. The van der Waals surface area contributed by atoms with E-state index >= 15 is 0 Å². The number of fused-ring (bicyclic) bond motifs is 3. The highest BCUT2D eigenvalue weighted by molar-refractivity contribution is 5.89. The number of terminal acetylenes is 1. The van der Waals surface area contributed by atoms with Crippen molar-refractivity contribution in [1.82, 2.24) is 10.2 Å². The van der Waals surface area contributed by atoms with Crippen LogP contribution in [0.4, 0.5) is 4.79 Å². The quantitative estimate of drug-likeness (QED) is 0.490. The average Bonchev–Trinajstić information content (AvgIpc) is 3.19. The van der Waals surface area contributed by atoms with Gasteiger partial charge in [0.1, 0.15) is 19.2 Å². The zero-order valence-corrected chi connectivity index (χ0v) is 18.9. The number of carbonyl (C=O) groups excluding carboxylic acids is 2. The number of rotatable bonds is 8. The van der Waals surface area contributed by atoms with Crippen molar-refractivity contribution in [3.63, 3.8) is 0 Å². The highest BCUT2D eigenvalue weighted by atomic mass is 16.5. The summed E-state index contributed by atoms with van der Waals surface area (Å²) in [6.45, 7) is -0.710. The number of aliphatic carboxylic acids is 1. The molecule has 7 heteroatoms. The first-order chi connectivity index (χ1) is 17.0. The number of nitrogens with one attached hydrogen (secondary N) is 1. The number of carbonyl (C=O) groups is 3. The van der Waals surface area contributed by atoms with Gasteiger partial charge in [-0.1, -0.05) is 84.8 Å². The predicted octanol–water partition coefficient (Wildman–Crippen LogP) is 3.81. The van der Waals surface area contributed by atoms with E-state index in [1.54, 1.807) is 30.3 Å². The predicted molar refractivity (Wildman–Crippen MR) is 130 cm³/mol. The average molecular weight is 469 g/mol. The lowest BCUT2D eigenvalue weighted by Crippen LogP contribution is -2.45. The topological polar surface area (TPSA) is 95.9 Å². The Balaban J connectivity index is 1.52. The lowest BCUT2D eigenvalue weighted by Gasteiger charge is -2.25. The normalized spacial score (nSPS) is 12.5. The summed E-state index contributed by atoms with van der Waals surface area (Å²) in [7, 11) is 0. The number of benzene rings is 3. The molecule has 1 atom stereocenters. The molecule has 3 aromatic carbocycles. The van der Waals surface area contributed by atoms with Crippen LogP contribution in [-0.4, -0.2) is 47.7 Å². The van der Waals surface area contributed by atoms with Gasteiger partial charge in [-0.15, -0.1) is 6.42 Å². The Hall–Kier alpha value is -4.57. The second-order valence-corrected chi connectivity index (χ2v) is 8.11. The van der Waals surface area contributed by atoms with Crippen molar-refractivity contribution in [1.29, 1.82) is 0 Å². The van der Waals surface area contributed by atoms with Gasteiger partial charge in [0, 0.05) is 5.92 Å². The van der Waals surface area contributed by atoms with Gasteiger partial charge in [0.05, 0.1) is 6.54 Å². The molecule has 4 rings (SSSR count). The molecule has 0 saturated heterocycles. The first kappa shape index (κ1) is 23.6. The van der Waals surface area contributed by atoms with E-state index in [2.05, 4.69) is 11.2 Å². The standard InChI is InChI=1S/C28H24N2O5/c1-2-16-30(17-25(31)32)27(33)26(19-10-4-3-5-11-19)29-28(34)35-18-24-22-14-8-6-12-20(22)21-13-7-9-15-23(21)24/h1,3-15,24,26H,16-18H2,(H,29,34)(H,31,32)/t26-/m0/s1. The molecule has 35 heavy (non-hydrogen) atoms. The Morgan fingerprint density at radius 1 is 0.943 bits per heavy atom. The van der Waals surface area contributed by atoms with Crippen molar-refractivity contribution < 1.29 is 24.2 Å². The van der Waals surface area contributed by atoms with Crippen molar-refractivity contribution in [2.75, 3.05) is 19.7 Å². The second-order valence-electron chi connectivity index (χ2n) is 8.11. The van der Waals surface area contributed by atoms with E-state index < -0.39 is 30.6 Å². The Kier molecular flexibility index (Phi) is 7.12. The van der Waals surface area contributed by atoms with Crippen LogP contribution in [0.1, 0.15) is 28.7 Å². The third kappa shape index (κ3) is 5.17. The first-order valence-electron chi connectivity index (χ1n) is 11.1. The minimum absolute atomic E-state index is 0.0821. The van der Waals surface area contributed by atoms with Gasteiger partial charge in [0.2, 0.25) is 0 Å². The Labute approximate surface area is 203 Å². The molecule has 0 spiro atoms. The van der Waals surface area contributed by atoms with E-state index in [-0.39, 0.29) is 19.1 Å². The summed E-state index contributed by atoms with van der Waals surface area (Å²) < 4.78 is 5.59. The van der Waals surface area contributed by atoms with Gasteiger partial charge in [0.15, 0.2) is 0 Å². The van der Waals surface area contributed by atoms with Gasteiger partial charge >= 0.3 is 12.1 Å². The van der Waals surface area contributed by atoms with Crippen molar-refractivity contribution in [3.05, 3.63) is 95.6 Å². The Morgan fingerprint density at radius 3 is 2.09 bits per heavy atom. The van der Waals surface area contributed by atoms with E-state index in [9.17, 15) is 19.5 Å². The highest BCUT2D eigenvalue weighted by Crippen LogP contribution is 2.44. The number of amides is 2. The molecule has 0 aliphatic heterocycles. The first-order valence-corrected chi connectivity index (χ1v) is 11.1. The minimum Gasteiger partial charge on any atom is -0.480 e. The van der Waals surface area contributed by atoms with E-state index in [0.29, 0.717) is 5.56 Å². The number of carboxylic acid groups (broad SMARTS) is 1. The highest BCUT2D eigenvalue weighted by Gasteiger charge is 2.31. The van der Waals surface area contributed by atoms with Crippen LogP contribution >= 0.6 is 0 Å². The van der Waals surface area contributed by atoms with Crippen LogP contribution in [0.3, 0.4) is 0 Å². The maximum Gasteiger partial charge on any atom is 0.408 e. The third-order valence-corrected chi connectivity index (χ3v) is 5.91. The van der Waals surface area contributed by atoms with Crippen LogP contribution < -0.4 is 5.32 Å². The molecule has 0 saturated carbocycles. The van der Waals surface area contributed by atoms with Gasteiger partial charge in [0.25, 0.3) is 5.91 Å². The summed E-state index contributed by atoms with van der Waals surface area (Å²) in [6, 6.07) is 23.4. The van der Waals surface area contributed by atoms with Crippen LogP contribution in [0.2, 0.25) is 0 Å². The van der Waals surface area contributed by atoms with Crippen LogP contribution in [0, 0.1) is 12.3 Å². The van der Waals surface area contributed by atoms with Crippen molar-refractivity contribution in [2.24, 2.45) is 0 Å². The van der Waals surface area contributed by atoms with Crippen molar-refractivity contribution in [3.8, 4) is 23.5 Å². The summed E-state index contributed by atoms with van der Waals surface area (Å²) in [5, 5.41) is 11.8. The molecule has 0 heterocycles. The molecule has 2 N–H and O–H groups in total. The molecule has 0 unspecified atom stereocenters. The van der Waals surface area contributed by atoms with Crippen LogP contribution in [-0.2, 0) is 14.3 Å². The molecule has 3 aromatic rings. The molecule has 7 nitrogen and oxygen atoms in total. The number of hydrogen-bond acceptors (Lipinski definition) is 4. The molecule has 176 valence electrons. The lowest BCUT2D eigenvalue weighted by atomic mass is 9.98. The second kappa shape index (κ2) is 10.6. The minimum atomic E-state index is -1.21. The summed E-state index contributed by atoms with van der Waals surface area (Å²) in [5.41, 5.74) is 4.83. The van der Waals surface area contributed by atoms with Gasteiger partial charge in [-0.2, -0.15) is 0 Å². The third-order valence-electron chi connectivity index (χ3n) is 5.91. The maximum atomic E-state index is 13.2. The number of alkyl carbamates (subject to hydrolysis) is 1. The van der Waals surface area contributed by atoms with E-state index in [4.69, 9.17) is 11.2 Å². The molecular formula is C28H24N2O5. The van der Waals surface area contributed by atoms with Crippen LogP contribution in [0.25, 0.3) is 11.1 Å². The smallest absolute Gasteiger partial charge is 0.408 e. The number of ether oxygens (including phenoxy) is 1. The lowest BCUT2D eigenvalue weighted by molar-refractivity contribution is -0.144. The van der Waals surface area contributed by atoms with Gasteiger partial charge < -0.3 is 20.1 Å². The molecule has 0 aromatic heterocycles. The zero-order chi connectivity index (χ0) is 24.8. The number of hydrogen-bond donors (Lipinski definition) is 2. The molecule has 1 aliphatic rings. The Morgan fingerprint density at radius 2 is 1.51 bits per heavy atom. The van der Waals surface area contributed by atoms with E-state index in [1.807, 2.05) is 48.5 Å². The summed E-state index contributed by atoms with van der Waals surface area (Å²) >= 11 is 0. The SMILES string of the molecule is C#CCN(CC(=O)O)C(=O)[C@@H](NC(=O)OCC1c2ccccc2-c2ccccc21)c1ccccc1. The molecular weight excluding hydrogens is 444 g/mol. The van der Waals surface area contributed by atoms with Crippen molar-refractivity contribution >= 4 is 18.0 Å². The molecule has 0 fully saturated rings. The summed E-state index contributed by atoms with van der Waals surface area (Å²) in [6.07, 6.45) is 4.54. The number of nitrogens with zero attached hydrogens (tertiary/aromatic N) is 1. The monoisotopic (exact) mass is 468 g/mol. The zero-order valence-electron chi connectivity index (χ0n) is 18.9. The van der Waals surface area contributed by atoms with Crippen LogP contribution in [0.15, 0.2) is 78.9 Å². The molecule has 2 amide bonds. The summed E-state index contributed by atoms with van der Waals surface area (Å²) in [4.78, 5) is 38.3. The van der Waals surface area contributed by atoms with Gasteiger partial charge in [-0.05, 0) is 27.8 Å². The van der Waals surface area contributed by atoms with Crippen molar-refractivity contribution in [2.45, 2.75) is 12.0 Å². The molecule has 0 radical (unpaired) electrons. The molecule has 0 bridgehead atoms. The Bertz CT molecular complexity index is 1240. The van der Waals surface area contributed by atoms with E-state index in [0.717, 1.165) is 27.2 Å². The number of carboxylic acids is 1. The largest absolute Gasteiger partial charge is 0.480 e. The molecule has 1 aliphatic carbocycles.